The smallest absolute Gasteiger partial charge is 0.122 e. The summed E-state index contributed by atoms with van der Waals surface area (Å²) in [6.45, 7) is 17.8. The lowest BCUT2D eigenvalue weighted by Gasteiger charge is -2.38. The number of phenols is 3. The van der Waals surface area contributed by atoms with E-state index in [0.717, 1.165) is 41.2 Å². The van der Waals surface area contributed by atoms with Crippen molar-refractivity contribution in [2.45, 2.75) is 142 Å². The van der Waals surface area contributed by atoms with E-state index >= 15 is 0 Å². The summed E-state index contributed by atoms with van der Waals surface area (Å²) in [5.41, 5.74) is 10.8. The van der Waals surface area contributed by atoms with E-state index < -0.39 is 0 Å². The van der Waals surface area contributed by atoms with Gasteiger partial charge in [-0.15, -0.1) is 0 Å². The largest absolute Gasteiger partial charge is 0.507 e. The molecule has 9 rings (SSSR count). The minimum atomic E-state index is -0.0982. The van der Waals surface area contributed by atoms with Crippen LogP contribution in [0.2, 0.25) is 0 Å². The van der Waals surface area contributed by atoms with Crippen molar-refractivity contribution in [2.75, 3.05) is 0 Å². The predicted molar refractivity (Wildman–Crippen MR) is 212 cm³/mol. The van der Waals surface area contributed by atoms with E-state index in [1.165, 1.54) is 90.3 Å². The van der Waals surface area contributed by atoms with Crippen LogP contribution in [-0.4, -0.2) is 15.3 Å². The topological polar surface area (TPSA) is 60.7 Å². The summed E-state index contributed by atoms with van der Waals surface area (Å²) in [5, 5.41) is 35.9. The summed E-state index contributed by atoms with van der Waals surface area (Å²) in [4.78, 5) is 0. The number of rotatable bonds is 6. The molecule has 0 spiro atoms. The Kier molecular flexibility index (Phi) is 8.23. The number of benzene rings is 3. The summed E-state index contributed by atoms with van der Waals surface area (Å²) in [6.07, 6.45) is 10.8. The Balaban J connectivity index is 1.03. The molecule has 0 amide bonds. The van der Waals surface area contributed by atoms with E-state index in [9.17, 15) is 15.3 Å². The van der Waals surface area contributed by atoms with Gasteiger partial charge in [0.05, 0.1) is 0 Å². The molecular formula is C49H64O3. The van der Waals surface area contributed by atoms with Crippen LogP contribution in [0.3, 0.4) is 0 Å². The lowest BCUT2D eigenvalue weighted by molar-refractivity contribution is 0.209. The zero-order chi connectivity index (χ0) is 36.5. The minimum absolute atomic E-state index is 0.0982. The second-order valence-corrected chi connectivity index (χ2v) is 20.6. The van der Waals surface area contributed by atoms with Gasteiger partial charge in [0, 0.05) is 0 Å². The van der Waals surface area contributed by atoms with Crippen molar-refractivity contribution in [3.05, 3.63) is 86.5 Å². The van der Waals surface area contributed by atoms with E-state index in [1.54, 1.807) is 0 Å². The van der Waals surface area contributed by atoms with E-state index in [0.29, 0.717) is 70.5 Å². The van der Waals surface area contributed by atoms with Crippen molar-refractivity contribution < 1.29 is 15.3 Å². The summed E-state index contributed by atoms with van der Waals surface area (Å²) in [6, 6.07) is 13.7. The Morgan fingerprint density at radius 1 is 0.538 bits per heavy atom. The number of aryl methyl sites for hydroxylation is 3. The highest BCUT2D eigenvalue weighted by atomic mass is 16.3. The van der Waals surface area contributed by atoms with Crippen LogP contribution in [-0.2, 0) is 11.8 Å². The van der Waals surface area contributed by atoms with Gasteiger partial charge in [0.15, 0.2) is 0 Å². The third kappa shape index (κ3) is 5.31. The molecule has 0 aromatic heterocycles. The Bertz CT molecular complexity index is 1900. The Morgan fingerprint density at radius 2 is 0.981 bits per heavy atom. The van der Waals surface area contributed by atoms with Crippen LogP contribution in [0.4, 0.5) is 0 Å². The molecule has 0 heterocycles. The molecule has 6 aliphatic rings. The molecule has 3 heteroatoms. The highest BCUT2D eigenvalue weighted by molar-refractivity contribution is 5.52. The predicted octanol–water partition coefficient (Wildman–Crippen LogP) is 12.1. The maximum atomic E-state index is 12.5. The van der Waals surface area contributed by atoms with E-state index in [2.05, 4.69) is 91.8 Å². The first kappa shape index (κ1) is 34.8. The third-order valence-corrected chi connectivity index (χ3v) is 16.0. The summed E-state index contributed by atoms with van der Waals surface area (Å²) in [7, 11) is 0. The molecule has 0 saturated heterocycles. The Morgan fingerprint density at radius 3 is 1.48 bits per heavy atom. The molecule has 3 aromatic rings. The van der Waals surface area contributed by atoms with E-state index in [-0.39, 0.29) is 5.41 Å². The van der Waals surface area contributed by atoms with Crippen molar-refractivity contribution in [1.82, 2.24) is 0 Å². The zero-order valence-electron chi connectivity index (χ0n) is 33.2. The molecule has 12 unspecified atom stereocenters. The monoisotopic (exact) mass is 700 g/mol. The third-order valence-electron chi connectivity index (χ3n) is 16.0. The molecule has 278 valence electrons. The fraction of sp³-hybridized carbons (Fsp3) is 0.633. The molecule has 3 nitrogen and oxygen atoms in total. The van der Waals surface area contributed by atoms with Crippen LogP contribution < -0.4 is 0 Å². The molecule has 6 saturated carbocycles. The first-order valence-corrected chi connectivity index (χ1v) is 21.2. The quantitative estimate of drug-likeness (QED) is 0.240. The van der Waals surface area contributed by atoms with E-state index in [1.807, 2.05) is 0 Å². The summed E-state index contributed by atoms with van der Waals surface area (Å²) in [5.74, 6) is 9.12. The van der Waals surface area contributed by atoms with Crippen molar-refractivity contribution >= 4 is 0 Å². The van der Waals surface area contributed by atoms with Gasteiger partial charge in [0.25, 0.3) is 0 Å². The number of aromatic hydroxyl groups is 3. The molecule has 4 bridgehead atoms. The molecule has 6 aliphatic carbocycles. The van der Waals surface area contributed by atoms with Gasteiger partial charge in [-0.05, 0) is 194 Å². The lowest BCUT2D eigenvalue weighted by Crippen LogP contribution is -2.28. The first-order chi connectivity index (χ1) is 24.7. The Hall–Kier alpha value is -2.94. The van der Waals surface area contributed by atoms with Gasteiger partial charge in [-0.3, -0.25) is 0 Å². The molecule has 3 N–H and O–H groups in total. The van der Waals surface area contributed by atoms with Crippen LogP contribution in [0.5, 0.6) is 17.2 Å². The highest BCUT2D eigenvalue weighted by Gasteiger charge is 2.60. The van der Waals surface area contributed by atoms with Crippen molar-refractivity contribution in [1.29, 1.82) is 0 Å². The van der Waals surface area contributed by atoms with Gasteiger partial charge in [-0.1, -0.05) is 87.7 Å². The average molecular weight is 701 g/mol. The minimum Gasteiger partial charge on any atom is -0.507 e. The maximum absolute atomic E-state index is 12.5. The second kappa shape index (κ2) is 12.3. The number of fused-ring (bicyclic) bond motifs is 10. The fourth-order valence-electron chi connectivity index (χ4n) is 14.5. The molecule has 52 heavy (non-hydrogen) atoms. The first-order valence-electron chi connectivity index (χ1n) is 21.2. The van der Waals surface area contributed by atoms with Crippen molar-refractivity contribution in [3.63, 3.8) is 0 Å². The van der Waals surface area contributed by atoms with Crippen molar-refractivity contribution in [3.8, 4) is 17.2 Å². The molecule has 12 atom stereocenters. The van der Waals surface area contributed by atoms with Crippen LogP contribution in [0.1, 0.15) is 160 Å². The molecule has 6 fully saturated rings. The summed E-state index contributed by atoms with van der Waals surface area (Å²) < 4.78 is 0. The van der Waals surface area contributed by atoms with Gasteiger partial charge in [0.2, 0.25) is 0 Å². The van der Waals surface area contributed by atoms with Gasteiger partial charge in [0.1, 0.15) is 17.2 Å². The van der Waals surface area contributed by atoms with Crippen LogP contribution in [0.15, 0.2) is 36.4 Å². The van der Waals surface area contributed by atoms with Gasteiger partial charge >= 0.3 is 0 Å². The second-order valence-electron chi connectivity index (χ2n) is 20.6. The van der Waals surface area contributed by atoms with Gasteiger partial charge in [-0.2, -0.15) is 0 Å². The number of phenolic OH excluding ortho intramolecular Hbond substituents is 3. The van der Waals surface area contributed by atoms with Gasteiger partial charge < -0.3 is 15.3 Å². The number of hydrogen-bond donors (Lipinski definition) is 3. The van der Waals surface area contributed by atoms with Gasteiger partial charge in [-0.25, -0.2) is 0 Å². The van der Waals surface area contributed by atoms with Crippen molar-refractivity contribution in [2.24, 2.45) is 53.3 Å². The molecular weight excluding hydrogens is 637 g/mol. The zero-order valence-corrected chi connectivity index (χ0v) is 33.2. The Labute approximate surface area is 313 Å². The van der Waals surface area contributed by atoms with Crippen LogP contribution in [0, 0.1) is 74.0 Å². The van der Waals surface area contributed by atoms with Crippen LogP contribution in [0.25, 0.3) is 0 Å². The average Bonchev–Trinajstić information content (AvgIpc) is 3.91. The maximum Gasteiger partial charge on any atom is 0.122 e. The fourth-order valence-corrected chi connectivity index (χ4v) is 14.5. The standard InChI is InChI=1S/C49H64O3/c1-24(2)13-30-14-25(3)15-41(46(30)50)35-20-28-22-37(35)44-31(28)9-11-33(44)39-16-26(4)17-42(47(39)51)36-21-29-23-38(36)45-32(29)10-12-34(45)40-18-27(5)19-43(48(40)52)49(6,7)8/h14-19,24,28-29,31-38,44-45,50-52H,9-13,20-23H2,1-8H3. The molecule has 3 aromatic carbocycles. The highest BCUT2D eigenvalue weighted by Crippen LogP contribution is 2.71. The van der Waals surface area contributed by atoms with Crippen LogP contribution >= 0.6 is 0 Å². The lowest BCUT2D eigenvalue weighted by atomic mass is 9.67. The SMILES string of the molecule is Cc1cc(CC(C)C)c(O)c(C2CC3CC2C2C(c4cc(C)cc(C5CC6CC5C5C(c7cc(C)cc(C(C)(C)C)c7O)CCC65)c4O)CCC32)c1. The molecule has 0 aliphatic heterocycles. The number of hydrogen-bond acceptors (Lipinski definition) is 3. The summed E-state index contributed by atoms with van der Waals surface area (Å²) >= 11 is 0. The van der Waals surface area contributed by atoms with E-state index in [4.69, 9.17) is 0 Å². The normalized spacial score (nSPS) is 35.9. The molecule has 0 radical (unpaired) electrons.